The second-order valence-corrected chi connectivity index (χ2v) is 9.38. The normalized spacial score (nSPS) is 19.6. The van der Waals surface area contributed by atoms with Crippen molar-refractivity contribution in [1.82, 2.24) is 0 Å². The van der Waals surface area contributed by atoms with Gasteiger partial charge in [-0.05, 0) is 97.1 Å². The molecule has 0 saturated heterocycles. The fourth-order valence-corrected chi connectivity index (χ4v) is 5.15. The molecule has 1 fully saturated rings. The number of hydrogen-bond donors (Lipinski definition) is 0. The van der Waals surface area contributed by atoms with Crippen molar-refractivity contribution in [2.45, 2.75) is 63.7 Å². The van der Waals surface area contributed by atoms with Crippen LogP contribution < -0.4 is 0 Å². The van der Waals surface area contributed by atoms with Crippen molar-refractivity contribution in [3.8, 4) is 0 Å². The van der Waals surface area contributed by atoms with E-state index in [9.17, 15) is 13.2 Å². The molecule has 0 heterocycles. The standard InChI is InChI=1S/C29H31F3/c1-20(24-5-3-2-4-6-24)17-22-11-15-26(16-12-22)25-13-9-21(10-14-25)7-8-23-18-27(30)29(32)28(31)19-23/h2-6,9-10,13-14,18-20,22,26H,7-8,11-12,15-17H2,1H3/t20-,22?,26?/m0/s1. The molecule has 3 heteroatoms. The van der Waals surface area contributed by atoms with E-state index in [2.05, 4.69) is 61.5 Å². The fraction of sp³-hybridized carbons (Fsp3) is 0.379. The Morgan fingerprint density at radius 1 is 0.750 bits per heavy atom. The minimum atomic E-state index is -1.40. The van der Waals surface area contributed by atoms with Gasteiger partial charge in [0.1, 0.15) is 0 Å². The summed E-state index contributed by atoms with van der Waals surface area (Å²) in [7, 11) is 0. The lowest BCUT2D eigenvalue weighted by molar-refractivity contribution is 0.297. The van der Waals surface area contributed by atoms with Crippen LogP contribution >= 0.6 is 0 Å². The van der Waals surface area contributed by atoms with Crippen molar-refractivity contribution in [3.05, 3.63) is 106 Å². The van der Waals surface area contributed by atoms with Crippen LogP contribution in [0.2, 0.25) is 0 Å². The summed E-state index contributed by atoms with van der Waals surface area (Å²) in [6, 6.07) is 21.6. The number of hydrogen-bond acceptors (Lipinski definition) is 0. The van der Waals surface area contributed by atoms with Crippen LogP contribution in [0.5, 0.6) is 0 Å². The van der Waals surface area contributed by atoms with Gasteiger partial charge in [0.25, 0.3) is 0 Å². The Balaban J connectivity index is 1.27. The van der Waals surface area contributed by atoms with E-state index in [0.29, 0.717) is 30.2 Å². The summed E-state index contributed by atoms with van der Waals surface area (Å²) < 4.78 is 39.9. The van der Waals surface area contributed by atoms with Gasteiger partial charge >= 0.3 is 0 Å². The number of aryl methyl sites for hydroxylation is 2. The van der Waals surface area contributed by atoms with E-state index in [0.717, 1.165) is 23.6 Å². The van der Waals surface area contributed by atoms with Gasteiger partial charge in [0.15, 0.2) is 17.5 Å². The Hall–Kier alpha value is -2.55. The first-order valence-electron chi connectivity index (χ1n) is 11.8. The van der Waals surface area contributed by atoms with Crippen LogP contribution in [0.25, 0.3) is 0 Å². The van der Waals surface area contributed by atoms with Gasteiger partial charge in [-0.2, -0.15) is 0 Å². The first-order chi connectivity index (χ1) is 15.5. The first-order valence-corrected chi connectivity index (χ1v) is 11.8. The molecule has 1 aliphatic carbocycles. The lowest BCUT2D eigenvalue weighted by Crippen LogP contribution is -2.15. The van der Waals surface area contributed by atoms with Crippen molar-refractivity contribution in [2.24, 2.45) is 5.92 Å². The van der Waals surface area contributed by atoms with E-state index in [1.165, 1.54) is 43.2 Å². The van der Waals surface area contributed by atoms with Gasteiger partial charge in [0.2, 0.25) is 0 Å². The van der Waals surface area contributed by atoms with Crippen molar-refractivity contribution in [3.63, 3.8) is 0 Å². The zero-order valence-corrected chi connectivity index (χ0v) is 18.7. The molecule has 0 aromatic heterocycles. The minimum Gasteiger partial charge on any atom is -0.204 e. The average Bonchev–Trinajstić information content (AvgIpc) is 2.82. The SMILES string of the molecule is C[C@@H](CC1CCC(c2ccc(CCc3cc(F)c(F)c(F)c3)cc2)CC1)c1ccccc1. The highest BCUT2D eigenvalue weighted by Crippen LogP contribution is 2.39. The van der Waals surface area contributed by atoms with Crippen LogP contribution in [0, 0.1) is 23.4 Å². The minimum absolute atomic E-state index is 0.480. The van der Waals surface area contributed by atoms with Gasteiger partial charge < -0.3 is 0 Å². The van der Waals surface area contributed by atoms with Crippen LogP contribution in [0.1, 0.15) is 73.1 Å². The average molecular weight is 437 g/mol. The van der Waals surface area contributed by atoms with Crippen LogP contribution in [0.4, 0.5) is 13.2 Å². The summed E-state index contributed by atoms with van der Waals surface area (Å²) in [6.45, 7) is 2.34. The maximum Gasteiger partial charge on any atom is 0.194 e. The van der Waals surface area contributed by atoms with Gasteiger partial charge in [0, 0.05) is 0 Å². The van der Waals surface area contributed by atoms with Gasteiger partial charge in [-0.3, -0.25) is 0 Å². The van der Waals surface area contributed by atoms with E-state index < -0.39 is 17.5 Å². The highest BCUT2D eigenvalue weighted by atomic mass is 19.2. The monoisotopic (exact) mass is 436 g/mol. The highest BCUT2D eigenvalue weighted by Gasteiger charge is 2.24. The maximum absolute atomic E-state index is 13.4. The molecule has 0 spiro atoms. The molecule has 1 aliphatic rings. The maximum atomic E-state index is 13.4. The third-order valence-electron chi connectivity index (χ3n) is 7.10. The highest BCUT2D eigenvalue weighted by molar-refractivity contribution is 5.28. The summed E-state index contributed by atoms with van der Waals surface area (Å²) in [4.78, 5) is 0. The van der Waals surface area contributed by atoms with Gasteiger partial charge in [-0.1, -0.05) is 61.5 Å². The molecule has 3 aromatic rings. The number of halogens is 3. The quantitative estimate of drug-likeness (QED) is 0.326. The van der Waals surface area contributed by atoms with E-state index in [1.54, 1.807) is 0 Å². The molecular weight excluding hydrogens is 405 g/mol. The second-order valence-electron chi connectivity index (χ2n) is 9.38. The molecule has 0 nitrogen and oxygen atoms in total. The third kappa shape index (κ3) is 5.62. The van der Waals surface area contributed by atoms with Crippen LogP contribution in [0.3, 0.4) is 0 Å². The topological polar surface area (TPSA) is 0 Å². The molecule has 32 heavy (non-hydrogen) atoms. The Kier molecular flexibility index (Phi) is 7.34. The molecule has 0 aliphatic heterocycles. The summed E-state index contributed by atoms with van der Waals surface area (Å²) >= 11 is 0. The summed E-state index contributed by atoms with van der Waals surface area (Å²) in [5, 5.41) is 0. The first kappa shape index (κ1) is 22.6. The molecule has 168 valence electrons. The van der Waals surface area contributed by atoms with E-state index >= 15 is 0 Å². The third-order valence-corrected chi connectivity index (χ3v) is 7.10. The Morgan fingerprint density at radius 2 is 1.34 bits per heavy atom. The van der Waals surface area contributed by atoms with E-state index in [1.807, 2.05) is 0 Å². The van der Waals surface area contributed by atoms with E-state index in [-0.39, 0.29) is 0 Å². The molecule has 0 N–H and O–H groups in total. The molecule has 0 amide bonds. The summed E-state index contributed by atoms with van der Waals surface area (Å²) in [6.07, 6.45) is 7.46. The lowest BCUT2D eigenvalue weighted by atomic mass is 9.75. The molecule has 0 bridgehead atoms. The smallest absolute Gasteiger partial charge is 0.194 e. The largest absolute Gasteiger partial charge is 0.204 e. The zero-order valence-electron chi connectivity index (χ0n) is 18.7. The predicted molar refractivity (Wildman–Crippen MR) is 124 cm³/mol. The van der Waals surface area contributed by atoms with Crippen LogP contribution in [0.15, 0.2) is 66.7 Å². The summed E-state index contributed by atoms with van der Waals surface area (Å²) in [5.41, 5.74) is 4.44. The van der Waals surface area contributed by atoms with Crippen molar-refractivity contribution < 1.29 is 13.2 Å². The lowest BCUT2D eigenvalue weighted by Gasteiger charge is -2.30. The summed E-state index contributed by atoms with van der Waals surface area (Å²) in [5.74, 6) is -1.61. The Bertz CT molecular complexity index is 979. The van der Waals surface area contributed by atoms with Gasteiger partial charge in [-0.15, -0.1) is 0 Å². The van der Waals surface area contributed by atoms with Crippen molar-refractivity contribution in [1.29, 1.82) is 0 Å². The molecule has 0 radical (unpaired) electrons. The molecule has 1 saturated carbocycles. The molecule has 4 rings (SSSR count). The van der Waals surface area contributed by atoms with Gasteiger partial charge in [0.05, 0.1) is 0 Å². The molecular formula is C29H31F3. The number of rotatable bonds is 7. The van der Waals surface area contributed by atoms with Gasteiger partial charge in [-0.25, -0.2) is 13.2 Å². The molecule has 3 aromatic carbocycles. The number of benzene rings is 3. The predicted octanol–water partition coefficient (Wildman–Crippen LogP) is 8.36. The van der Waals surface area contributed by atoms with E-state index in [4.69, 9.17) is 0 Å². The fourth-order valence-electron chi connectivity index (χ4n) is 5.15. The Morgan fingerprint density at radius 3 is 1.97 bits per heavy atom. The molecule has 0 unspecified atom stereocenters. The zero-order chi connectivity index (χ0) is 22.5. The van der Waals surface area contributed by atoms with Crippen molar-refractivity contribution in [2.75, 3.05) is 0 Å². The van der Waals surface area contributed by atoms with Crippen LogP contribution in [-0.4, -0.2) is 0 Å². The van der Waals surface area contributed by atoms with Crippen molar-refractivity contribution >= 4 is 0 Å². The Labute approximate surface area is 189 Å². The van der Waals surface area contributed by atoms with Crippen LogP contribution in [-0.2, 0) is 12.8 Å². The second kappa shape index (κ2) is 10.4. The molecule has 1 atom stereocenters.